The molecule has 0 fully saturated rings. The maximum absolute atomic E-state index is 3.82. The van der Waals surface area contributed by atoms with E-state index in [9.17, 15) is 0 Å². The maximum atomic E-state index is 3.82. The van der Waals surface area contributed by atoms with Crippen LogP contribution in [0.5, 0.6) is 0 Å². The first kappa shape index (κ1) is 21.1. The molecule has 0 unspecified atom stereocenters. The van der Waals surface area contributed by atoms with E-state index < -0.39 is 0 Å². The summed E-state index contributed by atoms with van der Waals surface area (Å²) in [6.07, 6.45) is 5.32. The zero-order valence-corrected chi connectivity index (χ0v) is 12.1. The average Bonchev–Trinajstić information content (AvgIpc) is 2.34. The third-order valence-electron chi connectivity index (χ3n) is 2.01. The van der Waals surface area contributed by atoms with Crippen LogP contribution >= 0.6 is 11.8 Å². The van der Waals surface area contributed by atoms with Crippen molar-refractivity contribution in [2.75, 3.05) is 26.4 Å². The van der Waals surface area contributed by atoms with Gasteiger partial charge in [-0.15, -0.1) is 11.8 Å². The molecule has 1 nitrogen and oxygen atoms in total. The van der Waals surface area contributed by atoms with Crippen LogP contribution in [-0.4, -0.2) is 31.3 Å². The fourth-order valence-corrected chi connectivity index (χ4v) is 2.03. The monoisotopic (exact) mass is 245 g/mol. The van der Waals surface area contributed by atoms with Crippen LogP contribution in [-0.2, 0) is 0 Å². The van der Waals surface area contributed by atoms with Gasteiger partial charge in [-0.1, -0.05) is 47.8 Å². The highest BCUT2D eigenvalue weighted by Gasteiger charge is 2.12. The fourth-order valence-electron chi connectivity index (χ4n) is 1.32. The summed E-state index contributed by atoms with van der Waals surface area (Å²) < 4.78 is 0. The van der Waals surface area contributed by atoms with E-state index in [1.54, 1.807) is 0 Å². The Morgan fingerprint density at radius 1 is 1.25 bits per heavy atom. The lowest BCUT2D eigenvalue weighted by molar-refractivity contribution is 0.356. The molecule has 0 aromatic rings. The molecule has 1 rings (SSSR count). The molecule has 1 aliphatic rings. The Bertz CT molecular complexity index is 185. The normalized spacial score (nSPS) is 14.9. The molecule has 0 saturated heterocycles. The van der Waals surface area contributed by atoms with Crippen molar-refractivity contribution in [3.63, 3.8) is 0 Å². The van der Waals surface area contributed by atoms with Crippen molar-refractivity contribution in [3.05, 3.63) is 23.1 Å². The molecule has 2 heteroatoms. The number of rotatable bonds is 2. The maximum Gasteiger partial charge on any atom is 0.0238 e. The summed E-state index contributed by atoms with van der Waals surface area (Å²) in [4.78, 5) is 3.84. The molecule has 0 amide bonds. The van der Waals surface area contributed by atoms with Crippen molar-refractivity contribution >= 4 is 11.8 Å². The van der Waals surface area contributed by atoms with Gasteiger partial charge in [-0.05, 0) is 30.2 Å². The lowest BCUT2D eigenvalue weighted by Crippen LogP contribution is -2.26. The Hall–Kier alpha value is -0.210. The highest BCUT2D eigenvalue weighted by molar-refractivity contribution is 8.02. The number of likely N-dealkylation sites (N-methyl/N-ethyl adjacent to an activating group) is 1. The second-order valence-electron chi connectivity index (χ2n) is 2.84. The first-order valence-electron chi connectivity index (χ1n) is 5.85. The van der Waals surface area contributed by atoms with Crippen molar-refractivity contribution in [1.82, 2.24) is 4.90 Å². The number of nitrogens with zero attached hydrogens (tertiary/aromatic N) is 1. The Balaban J connectivity index is -0.000000305. The van der Waals surface area contributed by atoms with Crippen LogP contribution in [0.1, 0.15) is 41.5 Å². The molecule has 1 heterocycles. The summed E-state index contributed by atoms with van der Waals surface area (Å²) in [6, 6.07) is 0. The Morgan fingerprint density at radius 3 is 2.12 bits per heavy atom. The lowest BCUT2D eigenvalue weighted by atomic mass is 10.1. The minimum Gasteiger partial charge on any atom is -0.302 e. The smallest absolute Gasteiger partial charge is 0.0238 e. The van der Waals surface area contributed by atoms with Gasteiger partial charge in [-0.3, -0.25) is 0 Å². The summed E-state index contributed by atoms with van der Waals surface area (Å²) in [5, 5.41) is 0. The van der Waals surface area contributed by atoms with Gasteiger partial charge in [0.15, 0.2) is 0 Å². The van der Waals surface area contributed by atoms with Crippen LogP contribution in [0.15, 0.2) is 23.1 Å². The molecule has 0 spiro atoms. The number of hydrogen-bond donors (Lipinski definition) is 0. The van der Waals surface area contributed by atoms with E-state index in [0.717, 1.165) is 6.54 Å². The van der Waals surface area contributed by atoms with Crippen LogP contribution < -0.4 is 0 Å². The molecule has 0 bridgehead atoms. The number of thioether (sulfide) groups is 1. The zero-order valence-electron chi connectivity index (χ0n) is 11.3. The van der Waals surface area contributed by atoms with Gasteiger partial charge in [-0.25, -0.2) is 0 Å². The summed E-state index contributed by atoms with van der Waals surface area (Å²) in [7, 11) is 2.15. The molecule has 98 valence electrons. The van der Waals surface area contributed by atoms with Gasteiger partial charge in [0.1, 0.15) is 0 Å². The second-order valence-corrected chi connectivity index (χ2v) is 3.75. The fraction of sp³-hybridized carbons (Fsp3) is 0.714. The SMILES string of the molecule is C.C=CC1=C(SC)CCN(C)C1.CC.CC. The largest absolute Gasteiger partial charge is 0.302 e. The third kappa shape index (κ3) is 8.00. The van der Waals surface area contributed by atoms with E-state index in [1.807, 2.05) is 45.5 Å². The molecule has 0 aromatic carbocycles. The Labute approximate surface area is 108 Å². The highest BCUT2D eigenvalue weighted by Crippen LogP contribution is 2.25. The van der Waals surface area contributed by atoms with E-state index >= 15 is 0 Å². The van der Waals surface area contributed by atoms with Crippen molar-refractivity contribution < 1.29 is 0 Å². The first-order valence-corrected chi connectivity index (χ1v) is 7.07. The predicted octanol–water partition coefficient (Wildman–Crippen LogP) is 4.81. The molecule has 16 heavy (non-hydrogen) atoms. The first-order chi connectivity index (χ1) is 7.27. The summed E-state index contributed by atoms with van der Waals surface area (Å²) in [5.41, 5.74) is 1.41. The van der Waals surface area contributed by atoms with Gasteiger partial charge in [-0.2, -0.15) is 0 Å². The summed E-state index contributed by atoms with van der Waals surface area (Å²) >= 11 is 1.86. The van der Waals surface area contributed by atoms with Gasteiger partial charge in [0, 0.05) is 13.1 Å². The second kappa shape index (κ2) is 14.8. The van der Waals surface area contributed by atoms with Gasteiger partial charge in [0.05, 0.1) is 0 Å². The molecule has 0 saturated carbocycles. The van der Waals surface area contributed by atoms with Gasteiger partial charge >= 0.3 is 0 Å². The predicted molar refractivity (Wildman–Crippen MR) is 82.3 cm³/mol. The summed E-state index contributed by atoms with van der Waals surface area (Å²) in [5.74, 6) is 0. The number of hydrogen-bond acceptors (Lipinski definition) is 2. The minimum absolute atomic E-state index is 0. The Morgan fingerprint density at radius 2 is 1.75 bits per heavy atom. The van der Waals surface area contributed by atoms with E-state index in [0.29, 0.717) is 0 Å². The molecular weight excluding hydrogens is 214 g/mol. The van der Waals surface area contributed by atoms with E-state index in [1.165, 1.54) is 23.4 Å². The van der Waals surface area contributed by atoms with Gasteiger partial charge in [0.25, 0.3) is 0 Å². The minimum atomic E-state index is 0. The Kier molecular flexibility index (Phi) is 19.5. The molecular formula is C14H31NS. The van der Waals surface area contributed by atoms with Crippen molar-refractivity contribution in [3.8, 4) is 0 Å². The van der Waals surface area contributed by atoms with Crippen molar-refractivity contribution in [2.45, 2.75) is 41.5 Å². The third-order valence-corrected chi connectivity index (χ3v) is 2.97. The lowest BCUT2D eigenvalue weighted by Gasteiger charge is -2.25. The molecule has 0 atom stereocenters. The van der Waals surface area contributed by atoms with E-state index in [2.05, 4.69) is 24.8 Å². The quantitative estimate of drug-likeness (QED) is 0.686. The molecule has 1 aliphatic heterocycles. The topological polar surface area (TPSA) is 3.24 Å². The van der Waals surface area contributed by atoms with Crippen LogP contribution in [0, 0.1) is 0 Å². The molecule has 0 N–H and O–H groups in total. The van der Waals surface area contributed by atoms with Gasteiger partial charge in [0.2, 0.25) is 0 Å². The average molecular weight is 245 g/mol. The van der Waals surface area contributed by atoms with Crippen LogP contribution in [0.4, 0.5) is 0 Å². The highest BCUT2D eigenvalue weighted by atomic mass is 32.2. The molecule has 0 aromatic heterocycles. The van der Waals surface area contributed by atoms with Crippen LogP contribution in [0.3, 0.4) is 0 Å². The zero-order chi connectivity index (χ0) is 12.3. The standard InChI is InChI=1S/C9H15NS.2C2H6.CH4/c1-4-8-7-10(2)6-5-9(8)11-3;2*1-2;/h4H,1,5-7H2,2-3H3;2*1-2H3;1H4. The van der Waals surface area contributed by atoms with Crippen molar-refractivity contribution in [1.29, 1.82) is 0 Å². The van der Waals surface area contributed by atoms with Crippen LogP contribution in [0.2, 0.25) is 0 Å². The molecule has 0 radical (unpaired) electrons. The van der Waals surface area contributed by atoms with Crippen LogP contribution in [0.25, 0.3) is 0 Å². The van der Waals surface area contributed by atoms with E-state index in [4.69, 9.17) is 0 Å². The van der Waals surface area contributed by atoms with Crippen molar-refractivity contribution in [2.24, 2.45) is 0 Å². The van der Waals surface area contributed by atoms with E-state index in [-0.39, 0.29) is 7.43 Å². The summed E-state index contributed by atoms with van der Waals surface area (Å²) in [6.45, 7) is 14.1. The van der Waals surface area contributed by atoms with Gasteiger partial charge < -0.3 is 4.90 Å². The molecule has 0 aliphatic carbocycles.